The fraction of sp³-hybridized carbons (Fsp3) is 0.250. The predicted octanol–water partition coefficient (Wildman–Crippen LogP) is 3.84. The first-order valence-corrected chi connectivity index (χ1v) is 9.48. The third kappa shape index (κ3) is 6.45. The molecule has 0 aliphatic carbocycles. The first kappa shape index (κ1) is 21.6. The van der Waals surface area contributed by atoms with Crippen LogP contribution < -0.4 is 5.32 Å². The molecule has 0 saturated carbocycles. The molecule has 8 heteroatoms. The number of halogens is 2. The molecule has 0 radical (unpaired) electrons. The van der Waals surface area contributed by atoms with Crippen LogP contribution in [0, 0.1) is 11.6 Å². The van der Waals surface area contributed by atoms with E-state index in [0.717, 1.165) is 23.9 Å². The summed E-state index contributed by atoms with van der Waals surface area (Å²) in [7, 11) is 0. The molecule has 1 N–H and O–H groups in total. The van der Waals surface area contributed by atoms with Crippen molar-refractivity contribution < 1.29 is 27.9 Å². The number of hydrogen-bond acceptors (Lipinski definition) is 5. The molecule has 0 aliphatic rings. The van der Waals surface area contributed by atoms with Crippen molar-refractivity contribution in [2.24, 2.45) is 0 Å². The number of esters is 1. The van der Waals surface area contributed by atoms with Gasteiger partial charge < -0.3 is 10.1 Å². The summed E-state index contributed by atoms with van der Waals surface area (Å²) in [6.45, 7) is 3.00. The minimum Gasteiger partial charge on any atom is -0.453 e. The molecule has 0 spiro atoms. The third-order valence-corrected chi connectivity index (χ3v) is 4.84. The Hall–Kier alpha value is -2.74. The lowest BCUT2D eigenvalue weighted by atomic mass is 10.1. The van der Waals surface area contributed by atoms with Crippen LogP contribution in [0.5, 0.6) is 0 Å². The summed E-state index contributed by atoms with van der Waals surface area (Å²) in [5, 5.41) is 1.91. The van der Waals surface area contributed by atoms with E-state index in [0.29, 0.717) is 5.69 Å². The van der Waals surface area contributed by atoms with Crippen molar-refractivity contribution in [2.75, 3.05) is 11.1 Å². The van der Waals surface area contributed by atoms with Gasteiger partial charge in [0.1, 0.15) is 16.9 Å². The fourth-order valence-electron chi connectivity index (χ4n) is 2.17. The average molecular weight is 407 g/mol. The number of ether oxygens (including phenoxy) is 1. The second kappa shape index (κ2) is 9.98. The number of ketones is 1. The molecule has 28 heavy (non-hydrogen) atoms. The van der Waals surface area contributed by atoms with Crippen molar-refractivity contribution in [2.45, 2.75) is 25.2 Å². The van der Waals surface area contributed by atoms with E-state index in [2.05, 4.69) is 5.32 Å². The smallest absolute Gasteiger partial charge is 0.319 e. The van der Waals surface area contributed by atoms with Gasteiger partial charge in [-0.3, -0.25) is 14.4 Å². The molecule has 0 heterocycles. The van der Waals surface area contributed by atoms with Crippen LogP contribution in [-0.4, -0.2) is 34.8 Å². The molecule has 0 aliphatic heterocycles. The van der Waals surface area contributed by atoms with Gasteiger partial charge in [-0.2, -0.15) is 0 Å². The number of carbonyl (C=O) groups excluding carboxylic acids is 3. The van der Waals surface area contributed by atoms with Gasteiger partial charge in [0.25, 0.3) is 0 Å². The first-order chi connectivity index (χ1) is 13.3. The van der Waals surface area contributed by atoms with Gasteiger partial charge in [-0.1, -0.05) is 0 Å². The van der Waals surface area contributed by atoms with E-state index >= 15 is 0 Å². The highest BCUT2D eigenvalue weighted by Crippen LogP contribution is 2.16. The molecule has 2 aromatic carbocycles. The molecule has 2 rings (SSSR count). The second-order valence-electron chi connectivity index (χ2n) is 5.96. The SMILES string of the molecule is CC(OC(=O)C(C)SCC(=O)Nc1ccc(F)cc1)C(=O)c1ccc(F)cc1. The molecule has 2 aromatic rings. The summed E-state index contributed by atoms with van der Waals surface area (Å²) in [5.41, 5.74) is 0.682. The molecule has 0 saturated heterocycles. The minimum absolute atomic E-state index is 0.0199. The number of anilines is 1. The van der Waals surface area contributed by atoms with Crippen molar-refractivity contribution in [3.63, 3.8) is 0 Å². The zero-order valence-corrected chi connectivity index (χ0v) is 16.1. The van der Waals surface area contributed by atoms with Gasteiger partial charge in [-0.05, 0) is 62.4 Å². The standard InChI is InChI=1S/C20H19F2NO4S/c1-12(19(25)14-3-5-15(21)6-4-14)27-20(26)13(2)28-11-18(24)23-17-9-7-16(22)8-10-17/h3-10,12-13H,11H2,1-2H3,(H,23,24). The number of thioether (sulfide) groups is 1. The van der Waals surface area contributed by atoms with Gasteiger partial charge in [0, 0.05) is 11.3 Å². The van der Waals surface area contributed by atoms with Gasteiger partial charge in [-0.25, -0.2) is 8.78 Å². The lowest BCUT2D eigenvalue weighted by Gasteiger charge is -2.16. The van der Waals surface area contributed by atoms with Gasteiger partial charge in [0.2, 0.25) is 11.7 Å². The maximum Gasteiger partial charge on any atom is 0.319 e. The second-order valence-corrected chi connectivity index (χ2v) is 7.29. The van der Waals surface area contributed by atoms with Crippen LogP contribution in [0.2, 0.25) is 0 Å². The monoisotopic (exact) mass is 407 g/mol. The van der Waals surface area contributed by atoms with Crippen molar-refractivity contribution >= 4 is 35.1 Å². The van der Waals surface area contributed by atoms with Crippen LogP contribution in [0.4, 0.5) is 14.5 Å². The molecule has 148 valence electrons. The highest BCUT2D eigenvalue weighted by molar-refractivity contribution is 8.01. The Bertz CT molecular complexity index is 840. The fourth-order valence-corrected chi connectivity index (χ4v) is 2.84. The van der Waals surface area contributed by atoms with E-state index < -0.39 is 34.7 Å². The summed E-state index contributed by atoms with van der Waals surface area (Å²) < 4.78 is 30.9. The Labute approximate surface area is 165 Å². The van der Waals surface area contributed by atoms with Crippen LogP contribution in [0.1, 0.15) is 24.2 Å². The van der Waals surface area contributed by atoms with Crippen molar-refractivity contribution in [1.29, 1.82) is 0 Å². The van der Waals surface area contributed by atoms with E-state index in [9.17, 15) is 23.2 Å². The molecule has 1 amide bonds. The Morgan fingerprint density at radius 1 is 0.964 bits per heavy atom. The Balaban J connectivity index is 1.79. The highest BCUT2D eigenvalue weighted by Gasteiger charge is 2.23. The maximum atomic E-state index is 12.9. The first-order valence-electron chi connectivity index (χ1n) is 8.43. The molecule has 2 atom stereocenters. The zero-order chi connectivity index (χ0) is 20.7. The van der Waals surface area contributed by atoms with Gasteiger partial charge in [0.05, 0.1) is 5.75 Å². The van der Waals surface area contributed by atoms with Crippen LogP contribution in [0.25, 0.3) is 0 Å². The summed E-state index contributed by atoms with van der Waals surface area (Å²) >= 11 is 1.04. The van der Waals surface area contributed by atoms with E-state index in [1.807, 2.05) is 0 Å². The number of carbonyl (C=O) groups is 3. The van der Waals surface area contributed by atoms with Gasteiger partial charge in [-0.15, -0.1) is 11.8 Å². The molecule has 5 nitrogen and oxygen atoms in total. The lowest BCUT2D eigenvalue weighted by molar-refractivity contribution is -0.145. The highest BCUT2D eigenvalue weighted by atomic mass is 32.2. The lowest BCUT2D eigenvalue weighted by Crippen LogP contribution is -2.29. The summed E-state index contributed by atoms with van der Waals surface area (Å²) in [5.74, 6) is -2.33. The van der Waals surface area contributed by atoms with Crippen LogP contribution in [-0.2, 0) is 14.3 Å². The van der Waals surface area contributed by atoms with Crippen molar-refractivity contribution in [3.05, 3.63) is 65.7 Å². The average Bonchev–Trinajstić information content (AvgIpc) is 2.67. The predicted molar refractivity (Wildman–Crippen MR) is 103 cm³/mol. The van der Waals surface area contributed by atoms with Gasteiger partial charge in [0.15, 0.2) is 6.10 Å². The number of amides is 1. The van der Waals surface area contributed by atoms with Crippen molar-refractivity contribution in [1.82, 2.24) is 0 Å². The molecule has 0 aromatic heterocycles. The van der Waals surface area contributed by atoms with Crippen molar-refractivity contribution in [3.8, 4) is 0 Å². The molecular weight excluding hydrogens is 388 g/mol. The topological polar surface area (TPSA) is 72.5 Å². The van der Waals surface area contributed by atoms with E-state index in [4.69, 9.17) is 4.74 Å². The van der Waals surface area contributed by atoms with E-state index in [-0.39, 0.29) is 17.2 Å². The maximum absolute atomic E-state index is 12.9. The van der Waals surface area contributed by atoms with Crippen LogP contribution in [0.3, 0.4) is 0 Å². The van der Waals surface area contributed by atoms with Crippen LogP contribution >= 0.6 is 11.8 Å². The molecule has 2 unspecified atom stereocenters. The van der Waals surface area contributed by atoms with Gasteiger partial charge >= 0.3 is 5.97 Å². The number of benzene rings is 2. The zero-order valence-electron chi connectivity index (χ0n) is 15.3. The van der Waals surface area contributed by atoms with E-state index in [1.165, 1.54) is 43.3 Å². The largest absolute Gasteiger partial charge is 0.453 e. The number of Topliss-reactive ketones (excluding diaryl/α,β-unsaturated/α-hetero) is 1. The quantitative estimate of drug-likeness (QED) is 0.532. The Morgan fingerprint density at radius 2 is 1.50 bits per heavy atom. The molecular formula is C20H19F2NO4S. The number of hydrogen-bond donors (Lipinski definition) is 1. The summed E-state index contributed by atoms with van der Waals surface area (Å²) in [6, 6.07) is 10.3. The third-order valence-electron chi connectivity index (χ3n) is 3.72. The summed E-state index contributed by atoms with van der Waals surface area (Å²) in [6.07, 6.45) is -1.03. The minimum atomic E-state index is -1.03. The molecule has 0 bridgehead atoms. The number of nitrogens with one attached hydrogen (secondary N) is 1. The number of rotatable bonds is 8. The molecule has 0 fully saturated rings. The van der Waals surface area contributed by atoms with E-state index in [1.54, 1.807) is 6.92 Å². The summed E-state index contributed by atoms with van der Waals surface area (Å²) in [4.78, 5) is 36.2. The Morgan fingerprint density at radius 3 is 2.07 bits per heavy atom. The normalized spacial score (nSPS) is 12.7. The Kier molecular flexibility index (Phi) is 7.69. The van der Waals surface area contributed by atoms with Crippen LogP contribution in [0.15, 0.2) is 48.5 Å².